The highest BCUT2D eigenvalue weighted by Crippen LogP contribution is 2.23. The normalized spacial score (nSPS) is 13.1. The van der Waals surface area contributed by atoms with E-state index in [0.717, 1.165) is 11.8 Å². The Morgan fingerprint density at radius 3 is 2.62 bits per heavy atom. The minimum absolute atomic E-state index is 0.0626. The minimum atomic E-state index is -4.49. The molecule has 0 spiro atoms. The van der Waals surface area contributed by atoms with E-state index in [1.807, 2.05) is 19.2 Å². The van der Waals surface area contributed by atoms with E-state index in [1.54, 1.807) is 24.3 Å². The van der Waals surface area contributed by atoms with E-state index < -0.39 is 23.9 Å². The molecule has 0 aliphatic heterocycles. The lowest BCUT2D eigenvalue weighted by Crippen LogP contribution is -2.38. The number of ether oxygens (including phenoxy) is 1. The van der Waals surface area contributed by atoms with Crippen LogP contribution < -0.4 is 10.9 Å². The van der Waals surface area contributed by atoms with Gasteiger partial charge in [0.05, 0.1) is 22.3 Å². The summed E-state index contributed by atoms with van der Waals surface area (Å²) < 4.78 is 44.0. The van der Waals surface area contributed by atoms with Gasteiger partial charge in [0.25, 0.3) is 5.56 Å². The molecule has 0 aliphatic rings. The van der Waals surface area contributed by atoms with Gasteiger partial charge in [-0.1, -0.05) is 23.9 Å². The van der Waals surface area contributed by atoms with Crippen LogP contribution in [0.5, 0.6) is 0 Å². The quantitative estimate of drug-likeness (QED) is 0.374. The van der Waals surface area contributed by atoms with Crippen LogP contribution in [0.25, 0.3) is 10.9 Å². The van der Waals surface area contributed by atoms with Crippen LogP contribution in [-0.4, -0.2) is 46.1 Å². The predicted molar refractivity (Wildman–Crippen MR) is 106 cm³/mol. The molecule has 0 saturated heterocycles. The SMILES string of the molecule is CC(C)OCCCn1c(SC(C)C(=O)NCC(F)(F)F)nc2ccccc2c1=O. The molecule has 2 rings (SSSR count). The molecule has 6 nitrogen and oxygen atoms in total. The summed E-state index contributed by atoms with van der Waals surface area (Å²) in [4.78, 5) is 29.4. The number of halogens is 3. The number of hydrogen-bond donors (Lipinski definition) is 1. The second-order valence-electron chi connectivity index (χ2n) is 6.73. The van der Waals surface area contributed by atoms with Crippen molar-refractivity contribution in [3.8, 4) is 0 Å². The highest BCUT2D eigenvalue weighted by Gasteiger charge is 2.29. The standard InChI is InChI=1S/C19H24F3N3O3S/c1-12(2)28-10-6-9-25-17(27)14-7-4-5-8-15(14)24-18(25)29-13(3)16(26)23-11-19(20,21)22/h4-5,7-8,12-13H,6,9-11H2,1-3H3,(H,23,26). The zero-order valence-electron chi connectivity index (χ0n) is 16.5. The second kappa shape index (κ2) is 10.1. The number of para-hydroxylation sites is 1. The largest absolute Gasteiger partial charge is 0.405 e. The molecule has 0 saturated carbocycles. The first-order chi connectivity index (χ1) is 13.6. The summed E-state index contributed by atoms with van der Waals surface area (Å²) in [6.45, 7) is 4.66. The van der Waals surface area contributed by atoms with Gasteiger partial charge in [-0.05, 0) is 39.3 Å². The number of nitrogens with one attached hydrogen (secondary N) is 1. The highest BCUT2D eigenvalue weighted by atomic mass is 32.2. The van der Waals surface area contributed by atoms with Gasteiger partial charge < -0.3 is 10.1 Å². The molecule has 0 fully saturated rings. The van der Waals surface area contributed by atoms with E-state index in [0.29, 0.717) is 30.5 Å². The molecular formula is C19H24F3N3O3S. The summed E-state index contributed by atoms with van der Waals surface area (Å²) in [6.07, 6.45) is -3.87. The number of hydrogen-bond acceptors (Lipinski definition) is 5. The third-order valence-electron chi connectivity index (χ3n) is 3.92. The fourth-order valence-corrected chi connectivity index (χ4v) is 3.48. The zero-order valence-corrected chi connectivity index (χ0v) is 17.3. The maximum atomic E-state index is 12.9. The van der Waals surface area contributed by atoms with Crippen molar-refractivity contribution in [3.05, 3.63) is 34.6 Å². The second-order valence-corrected chi connectivity index (χ2v) is 8.04. The summed E-state index contributed by atoms with van der Waals surface area (Å²) in [5, 5.41) is 1.73. The van der Waals surface area contributed by atoms with Gasteiger partial charge in [-0.3, -0.25) is 14.2 Å². The molecule has 0 aliphatic carbocycles. The summed E-state index contributed by atoms with van der Waals surface area (Å²) in [5.74, 6) is -0.774. The average molecular weight is 431 g/mol. The van der Waals surface area contributed by atoms with Crippen LogP contribution in [0.2, 0.25) is 0 Å². The lowest BCUT2D eigenvalue weighted by Gasteiger charge is -2.17. The van der Waals surface area contributed by atoms with Crippen LogP contribution in [0.4, 0.5) is 13.2 Å². The molecule has 1 heterocycles. The smallest absolute Gasteiger partial charge is 0.379 e. The molecule has 2 aromatic rings. The van der Waals surface area contributed by atoms with Gasteiger partial charge >= 0.3 is 6.18 Å². The topological polar surface area (TPSA) is 73.2 Å². The molecule has 1 N–H and O–H groups in total. The monoisotopic (exact) mass is 431 g/mol. The van der Waals surface area contributed by atoms with E-state index >= 15 is 0 Å². The number of rotatable bonds is 9. The van der Waals surface area contributed by atoms with Gasteiger partial charge in [0.1, 0.15) is 6.54 Å². The molecule has 0 radical (unpaired) electrons. The number of carbonyl (C=O) groups excluding carboxylic acids is 1. The molecule has 0 bridgehead atoms. The van der Waals surface area contributed by atoms with Crippen LogP contribution in [0.1, 0.15) is 27.2 Å². The Bertz CT molecular complexity index is 900. The first-order valence-electron chi connectivity index (χ1n) is 9.21. The summed E-state index contributed by atoms with van der Waals surface area (Å²) in [5.41, 5.74) is 0.211. The van der Waals surface area contributed by atoms with Gasteiger partial charge in [0, 0.05) is 13.2 Å². The minimum Gasteiger partial charge on any atom is -0.379 e. The maximum Gasteiger partial charge on any atom is 0.405 e. The van der Waals surface area contributed by atoms with Gasteiger partial charge in [0.2, 0.25) is 5.91 Å². The summed E-state index contributed by atoms with van der Waals surface area (Å²) in [7, 11) is 0. The lowest BCUT2D eigenvalue weighted by atomic mass is 10.2. The fourth-order valence-electron chi connectivity index (χ4n) is 2.52. The fraction of sp³-hybridized carbons (Fsp3) is 0.526. The number of carbonyl (C=O) groups is 1. The van der Waals surface area contributed by atoms with Gasteiger partial charge in [-0.15, -0.1) is 0 Å². The molecule has 160 valence electrons. The zero-order chi connectivity index (χ0) is 21.6. The Morgan fingerprint density at radius 2 is 1.97 bits per heavy atom. The van der Waals surface area contributed by atoms with Crippen molar-refractivity contribution < 1.29 is 22.7 Å². The first-order valence-corrected chi connectivity index (χ1v) is 10.1. The van der Waals surface area contributed by atoms with Crippen molar-refractivity contribution in [2.45, 2.75) is 56.4 Å². The Labute approximate surface area is 170 Å². The highest BCUT2D eigenvalue weighted by molar-refractivity contribution is 8.00. The molecule has 1 unspecified atom stereocenters. The number of amides is 1. The first kappa shape index (κ1) is 23.2. The number of nitrogens with zero attached hydrogens (tertiary/aromatic N) is 2. The Kier molecular flexibility index (Phi) is 8.09. The maximum absolute atomic E-state index is 12.9. The van der Waals surface area contributed by atoms with Crippen LogP contribution in [0.15, 0.2) is 34.2 Å². The number of alkyl halides is 3. The van der Waals surface area contributed by atoms with Gasteiger partial charge in [-0.2, -0.15) is 13.2 Å². The van der Waals surface area contributed by atoms with Crippen molar-refractivity contribution in [1.82, 2.24) is 14.9 Å². The van der Waals surface area contributed by atoms with E-state index in [-0.39, 0.29) is 16.8 Å². The van der Waals surface area contributed by atoms with E-state index in [9.17, 15) is 22.8 Å². The Morgan fingerprint density at radius 1 is 1.28 bits per heavy atom. The van der Waals surface area contributed by atoms with E-state index in [2.05, 4.69) is 4.98 Å². The van der Waals surface area contributed by atoms with Gasteiger partial charge in [-0.25, -0.2) is 4.98 Å². The molecule has 1 aromatic carbocycles. The van der Waals surface area contributed by atoms with Crippen molar-refractivity contribution in [2.24, 2.45) is 0 Å². The Balaban J connectivity index is 2.24. The van der Waals surface area contributed by atoms with E-state index in [1.165, 1.54) is 11.5 Å². The van der Waals surface area contributed by atoms with E-state index in [4.69, 9.17) is 4.74 Å². The van der Waals surface area contributed by atoms with Crippen LogP contribution >= 0.6 is 11.8 Å². The average Bonchev–Trinajstić information content (AvgIpc) is 2.64. The molecular weight excluding hydrogens is 407 g/mol. The molecule has 29 heavy (non-hydrogen) atoms. The third kappa shape index (κ3) is 7.04. The summed E-state index contributed by atoms with van der Waals surface area (Å²) in [6, 6.07) is 6.82. The van der Waals surface area contributed by atoms with Crippen LogP contribution in [0, 0.1) is 0 Å². The van der Waals surface area contributed by atoms with Crippen LogP contribution in [-0.2, 0) is 16.1 Å². The van der Waals surface area contributed by atoms with Crippen molar-refractivity contribution >= 4 is 28.6 Å². The lowest BCUT2D eigenvalue weighted by molar-refractivity contribution is -0.137. The predicted octanol–water partition coefficient (Wildman–Crippen LogP) is 3.37. The van der Waals surface area contributed by atoms with Crippen molar-refractivity contribution in [3.63, 3.8) is 0 Å². The van der Waals surface area contributed by atoms with Gasteiger partial charge in [0.15, 0.2) is 5.16 Å². The molecule has 1 amide bonds. The van der Waals surface area contributed by atoms with Crippen LogP contribution in [0.3, 0.4) is 0 Å². The number of fused-ring (bicyclic) bond motifs is 1. The van der Waals surface area contributed by atoms with Crippen molar-refractivity contribution in [1.29, 1.82) is 0 Å². The Hall–Kier alpha value is -2.07. The number of benzene rings is 1. The third-order valence-corrected chi connectivity index (χ3v) is 5.01. The van der Waals surface area contributed by atoms with Crippen molar-refractivity contribution in [2.75, 3.05) is 13.2 Å². The number of aromatic nitrogens is 2. The number of thioether (sulfide) groups is 1. The molecule has 1 atom stereocenters. The molecule has 1 aromatic heterocycles. The molecule has 10 heteroatoms. The summed E-state index contributed by atoms with van der Waals surface area (Å²) >= 11 is 0.954.